The van der Waals surface area contributed by atoms with E-state index in [-0.39, 0.29) is 23.1 Å². The van der Waals surface area contributed by atoms with Gasteiger partial charge in [0.05, 0.1) is 15.0 Å². The molecule has 136 valence electrons. The molecule has 3 N–H and O–H groups in total. The van der Waals surface area contributed by atoms with Crippen molar-refractivity contribution in [2.24, 2.45) is 5.92 Å². The van der Waals surface area contributed by atoms with Crippen LogP contribution in [0.2, 0.25) is 0 Å². The number of carboxylic acids is 1. The van der Waals surface area contributed by atoms with Gasteiger partial charge in [-0.2, -0.15) is 5.26 Å². The zero-order valence-electron chi connectivity index (χ0n) is 13.9. The fourth-order valence-electron chi connectivity index (χ4n) is 3.11. The molecule has 1 spiro atoms. The summed E-state index contributed by atoms with van der Waals surface area (Å²) in [5, 5.41) is 30.8. The molecule has 1 saturated carbocycles. The van der Waals surface area contributed by atoms with Crippen LogP contribution in [0.3, 0.4) is 0 Å². The van der Waals surface area contributed by atoms with Crippen molar-refractivity contribution in [3.05, 3.63) is 39.6 Å². The summed E-state index contributed by atoms with van der Waals surface area (Å²) in [6, 6.07) is 8.80. The third-order valence-corrected chi connectivity index (χ3v) is 7.46. The molecule has 3 rings (SSSR count). The van der Waals surface area contributed by atoms with Gasteiger partial charge in [0.1, 0.15) is 17.4 Å². The highest BCUT2D eigenvalue weighted by Crippen LogP contribution is 2.50. The first kappa shape index (κ1) is 18.7. The molecule has 0 bridgehead atoms. The summed E-state index contributed by atoms with van der Waals surface area (Å²) >= 11 is 2.90. The third kappa shape index (κ3) is 4.00. The Labute approximate surface area is 159 Å². The molecule has 0 saturated heterocycles. The molecule has 8 heteroatoms. The van der Waals surface area contributed by atoms with E-state index in [0.717, 1.165) is 5.56 Å². The highest BCUT2D eigenvalue weighted by atomic mass is 32.2. The van der Waals surface area contributed by atoms with Crippen LogP contribution in [0.4, 0.5) is 0 Å². The van der Waals surface area contributed by atoms with E-state index in [1.165, 1.54) is 23.5 Å². The maximum absolute atomic E-state index is 12.4. The van der Waals surface area contributed by atoms with E-state index in [2.05, 4.69) is 5.32 Å². The van der Waals surface area contributed by atoms with Crippen LogP contribution in [-0.2, 0) is 15.3 Å². The normalized spacial score (nSPS) is 25.7. The summed E-state index contributed by atoms with van der Waals surface area (Å²) < 4.78 is 0.679. The Kier molecular flexibility index (Phi) is 5.49. The SMILES string of the molecule is N#CC1=C(SCc2ccc(O)cc2)SC2(CCC(C(=O)O)CC2)NC1=O. The summed E-state index contributed by atoms with van der Waals surface area (Å²) in [7, 11) is 0. The molecule has 1 aromatic carbocycles. The predicted molar refractivity (Wildman–Crippen MR) is 100 cm³/mol. The molecular weight excluding hydrogens is 372 g/mol. The first-order valence-corrected chi connectivity index (χ1v) is 10.0. The zero-order chi connectivity index (χ0) is 18.7. The van der Waals surface area contributed by atoms with Crippen molar-refractivity contribution in [2.75, 3.05) is 0 Å². The third-order valence-electron chi connectivity index (χ3n) is 4.62. The van der Waals surface area contributed by atoms with Crippen molar-refractivity contribution in [2.45, 2.75) is 36.3 Å². The van der Waals surface area contributed by atoms with Crippen molar-refractivity contribution in [3.8, 4) is 11.8 Å². The number of benzene rings is 1. The molecule has 1 heterocycles. The molecule has 0 atom stereocenters. The number of nitrogens with one attached hydrogen (secondary N) is 1. The Bertz CT molecular complexity index is 790. The lowest BCUT2D eigenvalue weighted by Crippen LogP contribution is -2.51. The summed E-state index contributed by atoms with van der Waals surface area (Å²) in [5.41, 5.74) is 1.09. The molecule has 0 aromatic heterocycles. The largest absolute Gasteiger partial charge is 0.508 e. The molecular formula is C18H18N2O4S2. The number of phenolic OH excluding ortho intramolecular Hbond substituents is 1. The standard InChI is InChI=1S/C18H18N2O4S2/c19-9-14-15(22)20-18(7-5-12(6-8-18)16(23)24)26-17(14)25-10-11-1-3-13(21)4-2-11/h1-4,12,21H,5-8,10H2,(H,20,22)(H,23,24). The Hall–Kier alpha value is -2.11. The summed E-state index contributed by atoms with van der Waals surface area (Å²) in [4.78, 5) is 23.1. The summed E-state index contributed by atoms with van der Waals surface area (Å²) in [6.45, 7) is 0. The fourth-order valence-corrected chi connectivity index (χ4v) is 5.96. The number of amides is 1. The number of nitriles is 1. The van der Waals surface area contributed by atoms with Gasteiger partial charge in [-0.3, -0.25) is 9.59 Å². The van der Waals surface area contributed by atoms with Gasteiger partial charge in [-0.15, -0.1) is 11.8 Å². The van der Waals surface area contributed by atoms with Crippen molar-refractivity contribution >= 4 is 35.4 Å². The van der Waals surface area contributed by atoms with Crippen LogP contribution in [0, 0.1) is 17.2 Å². The minimum absolute atomic E-state index is 0.116. The van der Waals surface area contributed by atoms with E-state index in [9.17, 15) is 25.1 Å². The minimum Gasteiger partial charge on any atom is -0.508 e. The lowest BCUT2D eigenvalue weighted by atomic mass is 9.85. The number of aliphatic carboxylic acids is 1. The maximum atomic E-state index is 12.4. The van der Waals surface area contributed by atoms with Crippen molar-refractivity contribution < 1.29 is 19.8 Å². The van der Waals surface area contributed by atoms with Crippen LogP contribution >= 0.6 is 23.5 Å². The number of hydrogen-bond donors (Lipinski definition) is 3. The summed E-state index contributed by atoms with van der Waals surface area (Å²) in [5.74, 6) is -0.770. The second-order valence-corrected chi connectivity index (χ2v) is 9.03. The number of hydrogen-bond acceptors (Lipinski definition) is 6. The molecule has 0 radical (unpaired) electrons. The lowest BCUT2D eigenvalue weighted by molar-refractivity contribution is -0.143. The molecule has 1 fully saturated rings. The monoisotopic (exact) mass is 390 g/mol. The van der Waals surface area contributed by atoms with Crippen LogP contribution in [0.15, 0.2) is 34.1 Å². The Balaban J connectivity index is 1.74. The second-order valence-electron chi connectivity index (χ2n) is 6.39. The van der Waals surface area contributed by atoms with Gasteiger partial charge in [0.25, 0.3) is 5.91 Å². The van der Waals surface area contributed by atoms with Crippen LogP contribution in [-0.4, -0.2) is 27.0 Å². The van der Waals surface area contributed by atoms with Crippen molar-refractivity contribution in [3.63, 3.8) is 0 Å². The van der Waals surface area contributed by atoms with E-state index in [1.54, 1.807) is 24.3 Å². The average Bonchev–Trinajstić information content (AvgIpc) is 2.61. The van der Waals surface area contributed by atoms with Crippen molar-refractivity contribution in [1.82, 2.24) is 5.32 Å². The highest BCUT2D eigenvalue weighted by molar-refractivity contribution is 8.22. The minimum atomic E-state index is -0.790. The Morgan fingerprint density at radius 3 is 2.58 bits per heavy atom. The molecule has 0 unspecified atom stereocenters. The van der Waals surface area contributed by atoms with Gasteiger partial charge in [0.15, 0.2) is 0 Å². The smallest absolute Gasteiger partial charge is 0.306 e. The number of nitrogens with zero attached hydrogens (tertiary/aromatic N) is 1. The topological polar surface area (TPSA) is 110 Å². The van der Waals surface area contributed by atoms with Crippen LogP contribution in [0.5, 0.6) is 5.75 Å². The van der Waals surface area contributed by atoms with Crippen LogP contribution < -0.4 is 5.32 Å². The number of carbonyl (C=O) groups excluding carboxylic acids is 1. The van der Waals surface area contributed by atoms with Gasteiger partial charge >= 0.3 is 5.97 Å². The highest BCUT2D eigenvalue weighted by Gasteiger charge is 2.44. The van der Waals surface area contributed by atoms with Crippen LogP contribution in [0.1, 0.15) is 31.2 Å². The molecule has 1 aromatic rings. The van der Waals surface area contributed by atoms with E-state index >= 15 is 0 Å². The van der Waals surface area contributed by atoms with Gasteiger partial charge in [-0.25, -0.2) is 0 Å². The van der Waals surface area contributed by atoms with Crippen molar-refractivity contribution in [1.29, 1.82) is 5.26 Å². The molecule has 2 aliphatic rings. The first-order valence-electron chi connectivity index (χ1n) is 8.22. The number of thioether (sulfide) groups is 2. The zero-order valence-corrected chi connectivity index (χ0v) is 15.5. The van der Waals surface area contributed by atoms with Gasteiger partial charge in [-0.05, 0) is 43.4 Å². The van der Waals surface area contributed by atoms with Gasteiger partial charge in [0.2, 0.25) is 0 Å². The number of carboxylic acid groups (broad SMARTS) is 1. The van der Waals surface area contributed by atoms with E-state index in [4.69, 9.17) is 0 Å². The van der Waals surface area contributed by atoms with E-state index in [1.807, 2.05) is 6.07 Å². The molecule has 6 nitrogen and oxygen atoms in total. The van der Waals surface area contributed by atoms with E-state index < -0.39 is 10.8 Å². The quantitative estimate of drug-likeness (QED) is 0.724. The van der Waals surface area contributed by atoms with Crippen LogP contribution in [0.25, 0.3) is 0 Å². The maximum Gasteiger partial charge on any atom is 0.306 e. The van der Waals surface area contributed by atoms with Gasteiger partial charge < -0.3 is 15.5 Å². The number of rotatable bonds is 4. The Morgan fingerprint density at radius 1 is 1.35 bits per heavy atom. The average molecular weight is 390 g/mol. The molecule has 26 heavy (non-hydrogen) atoms. The predicted octanol–water partition coefficient (Wildman–Crippen LogP) is 3.19. The molecule has 1 aliphatic heterocycles. The molecule has 1 amide bonds. The second kappa shape index (κ2) is 7.64. The van der Waals surface area contributed by atoms with E-state index in [0.29, 0.717) is 35.7 Å². The number of phenols is 1. The fraction of sp³-hybridized carbons (Fsp3) is 0.389. The lowest BCUT2D eigenvalue weighted by Gasteiger charge is -2.42. The molecule has 1 aliphatic carbocycles. The Morgan fingerprint density at radius 2 is 2.00 bits per heavy atom. The van der Waals surface area contributed by atoms with Gasteiger partial charge in [-0.1, -0.05) is 23.9 Å². The summed E-state index contributed by atoms with van der Waals surface area (Å²) in [6.07, 6.45) is 2.17. The number of aromatic hydroxyl groups is 1. The first-order chi connectivity index (χ1) is 12.4. The number of carbonyl (C=O) groups is 2. The van der Waals surface area contributed by atoms with Gasteiger partial charge in [0, 0.05) is 5.75 Å².